The standard InChI is InChI=1S/C20H24N2O3S2/c23-14-7-1-2-8-16(14)27-20-21-18-17(13-6-3-9-15(13)26-18)19(24)22(20)11-12-5-4-10-25-12/h12,16H,1-11H2/t12-,16+/m1/s1. The van der Waals surface area contributed by atoms with Crippen molar-refractivity contribution in [2.75, 3.05) is 6.61 Å². The van der Waals surface area contributed by atoms with Gasteiger partial charge < -0.3 is 4.74 Å². The molecule has 0 spiro atoms. The Morgan fingerprint density at radius 2 is 2.04 bits per heavy atom. The van der Waals surface area contributed by atoms with E-state index in [1.165, 1.54) is 22.2 Å². The number of ether oxygens (including phenoxy) is 1. The summed E-state index contributed by atoms with van der Waals surface area (Å²) in [5.74, 6) is 0.304. The fourth-order valence-corrected chi connectivity index (χ4v) is 7.03. The number of Topliss-reactive ketones (excluding diaryl/α,β-unsaturated/α-hetero) is 1. The number of carbonyl (C=O) groups excluding carboxylic acids is 1. The van der Waals surface area contributed by atoms with E-state index in [0.29, 0.717) is 23.9 Å². The maximum Gasteiger partial charge on any atom is 0.263 e. The quantitative estimate of drug-likeness (QED) is 0.727. The molecule has 0 amide bonds. The topological polar surface area (TPSA) is 61.2 Å². The predicted octanol–water partition coefficient (Wildman–Crippen LogP) is 3.73. The summed E-state index contributed by atoms with van der Waals surface area (Å²) in [5, 5.41) is 1.47. The molecule has 1 saturated heterocycles. The number of hydrogen-bond donors (Lipinski definition) is 0. The number of thiophene rings is 1. The molecule has 0 radical (unpaired) electrons. The van der Waals surface area contributed by atoms with Crippen molar-refractivity contribution in [3.8, 4) is 0 Å². The number of rotatable bonds is 4. The van der Waals surface area contributed by atoms with Crippen molar-refractivity contribution in [3.63, 3.8) is 0 Å². The maximum absolute atomic E-state index is 13.5. The maximum atomic E-state index is 13.5. The Balaban J connectivity index is 1.58. The molecule has 144 valence electrons. The first-order valence-electron chi connectivity index (χ1n) is 10.1. The van der Waals surface area contributed by atoms with Gasteiger partial charge in [0, 0.05) is 17.9 Å². The van der Waals surface area contributed by atoms with Crippen LogP contribution in [0.5, 0.6) is 0 Å². The largest absolute Gasteiger partial charge is 0.376 e. The van der Waals surface area contributed by atoms with Gasteiger partial charge in [-0.2, -0.15) is 0 Å². The first-order chi connectivity index (χ1) is 13.2. The molecular weight excluding hydrogens is 380 g/mol. The van der Waals surface area contributed by atoms with Crippen LogP contribution >= 0.6 is 23.1 Å². The zero-order chi connectivity index (χ0) is 18.4. The average Bonchev–Trinajstić information content (AvgIpc) is 3.37. The van der Waals surface area contributed by atoms with Gasteiger partial charge in [-0.25, -0.2) is 4.98 Å². The van der Waals surface area contributed by atoms with Gasteiger partial charge in [0.1, 0.15) is 10.6 Å². The Morgan fingerprint density at radius 3 is 2.85 bits per heavy atom. The molecule has 7 heteroatoms. The summed E-state index contributed by atoms with van der Waals surface area (Å²) in [7, 11) is 0. The summed E-state index contributed by atoms with van der Waals surface area (Å²) < 4.78 is 7.62. The summed E-state index contributed by atoms with van der Waals surface area (Å²) in [6, 6.07) is 0. The molecule has 2 aromatic heterocycles. The SMILES string of the molecule is O=C1CCCC[C@@H]1Sc1nc2sc3c(c2c(=O)n1C[C@H]1CCCO1)CCC3. The fraction of sp³-hybridized carbons (Fsp3) is 0.650. The molecule has 5 rings (SSSR count). The van der Waals surface area contributed by atoms with Crippen molar-refractivity contribution in [2.24, 2.45) is 0 Å². The van der Waals surface area contributed by atoms with Crippen LogP contribution in [0.4, 0.5) is 0 Å². The van der Waals surface area contributed by atoms with Crippen LogP contribution in [0.3, 0.4) is 0 Å². The second-order valence-corrected chi connectivity index (χ2v) is 10.1. The molecule has 1 saturated carbocycles. The van der Waals surface area contributed by atoms with E-state index < -0.39 is 0 Å². The Morgan fingerprint density at radius 1 is 1.11 bits per heavy atom. The molecule has 2 aromatic rings. The van der Waals surface area contributed by atoms with Crippen LogP contribution < -0.4 is 5.56 Å². The molecular formula is C20H24N2O3S2. The molecule has 3 heterocycles. The Labute approximate surface area is 166 Å². The van der Waals surface area contributed by atoms with E-state index in [-0.39, 0.29) is 16.9 Å². The van der Waals surface area contributed by atoms with Gasteiger partial charge in [0.2, 0.25) is 0 Å². The van der Waals surface area contributed by atoms with E-state index in [1.807, 2.05) is 4.57 Å². The number of carbonyl (C=O) groups is 1. The van der Waals surface area contributed by atoms with E-state index in [2.05, 4.69) is 0 Å². The number of ketones is 1. The summed E-state index contributed by atoms with van der Waals surface area (Å²) in [6.45, 7) is 1.32. The first-order valence-corrected chi connectivity index (χ1v) is 11.8. The molecule has 2 atom stereocenters. The molecule has 5 nitrogen and oxygen atoms in total. The van der Waals surface area contributed by atoms with Crippen LogP contribution in [-0.2, 0) is 28.9 Å². The van der Waals surface area contributed by atoms with Crippen molar-refractivity contribution in [1.29, 1.82) is 0 Å². The number of thioether (sulfide) groups is 1. The molecule has 2 fully saturated rings. The zero-order valence-corrected chi connectivity index (χ0v) is 17.0. The van der Waals surface area contributed by atoms with Gasteiger partial charge in [-0.15, -0.1) is 11.3 Å². The van der Waals surface area contributed by atoms with E-state index in [0.717, 1.165) is 68.2 Å². The van der Waals surface area contributed by atoms with Crippen molar-refractivity contribution >= 4 is 39.1 Å². The minimum absolute atomic E-state index is 0.0642. The second-order valence-electron chi connectivity index (χ2n) is 7.80. The Bertz CT molecular complexity index is 943. The first kappa shape index (κ1) is 17.9. The molecule has 0 aromatic carbocycles. The number of fused-ring (bicyclic) bond motifs is 3. The lowest BCUT2D eigenvalue weighted by Crippen LogP contribution is -2.30. The van der Waals surface area contributed by atoms with Crippen molar-refractivity contribution < 1.29 is 9.53 Å². The number of aromatic nitrogens is 2. The Kier molecular flexibility index (Phi) is 4.86. The van der Waals surface area contributed by atoms with E-state index >= 15 is 0 Å². The van der Waals surface area contributed by atoms with Crippen LogP contribution in [0.25, 0.3) is 10.2 Å². The molecule has 27 heavy (non-hydrogen) atoms. The van der Waals surface area contributed by atoms with Gasteiger partial charge in [0.15, 0.2) is 5.16 Å². The minimum Gasteiger partial charge on any atom is -0.376 e. The molecule has 1 aliphatic heterocycles. The van der Waals surface area contributed by atoms with Crippen molar-refractivity contribution in [1.82, 2.24) is 9.55 Å². The highest BCUT2D eigenvalue weighted by atomic mass is 32.2. The lowest BCUT2D eigenvalue weighted by atomic mass is 9.99. The third-order valence-corrected chi connectivity index (χ3v) is 8.44. The van der Waals surface area contributed by atoms with E-state index in [1.54, 1.807) is 11.3 Å². The fourth-order valence-electron chi connectivity index (χ4n) is 4.50. The minimum atomic E-state index is -0.0642. The van der Waals surface area contributed by atoms with Gasteiger partial charge in [0.25, 0.3) is 5.56 Å². The lowest BCUT2D eigenvalue weighted by molar-refractivity contribution is -0.119. The number of aryl methyl sites for hydroxylation is 2. The molecule has 2 aliphatic carbocycles. The number of hydrogen-bond acceptors (Lipinski definition) is 6. The Hall–Kier alpha value is -1.18. The highest BCUT2D eigenvalue weighted by Crippen LogP contribution is 2.37. The van der Waals surface area contributed by atoms with Gasteiger partial charge in [-0.1, -0.05) is 18.2 Å². The predicted molar refractivity (Wildman–Crippen MR) is 108 cm³/mol. The third-order valence-electron chi connectivity index (χ3n) is 5.95. The van der Waals surface area contributed by atoms with Gasteiger partial charge in [-0.3, -0.25) is 14.2 Å². The lowest BCUT2D eigenvalue weighted by Gasteiger charge is -2.22. The summed E-state index contributed by atoms with van der Waals surface area (Å²) in [6.07, 6.45) is 8.90. The highest BCUT2D eigenvalue weighted by molar-refractivity contribution is 8.00. The van der Waals surface area contributed by atoms with E-state index in [9.17, 15) is 9.59 Å². The van der Waals surface area contributed by atoms with Gasteiger partial charge >= 0.3 is 0 Å². The van der Waals surface area contributed by atoms with Crippen molar-refractivity contribution in [3.05, 3.63) is 20.8 Å². The second kappa shape index (κ2) is 7.33. The molecule has 0 N–H and O–H groups in total. The van der Waals surface area contributed by atoms with Gasteiger partial charge in [-0.05, 0) is 50.5 Å². The van der Waals surface area contributed by atoms with Crippen LogP contribution in [0.15, 0.2) is 9.95 Å². The smallest absolute Gasteiger partial charge is 0.263 e. The van der Waals surface area contributed by atoms with Gasteiger partial charge in [0.05, 0.1) is 23.3 Å². The number of nitrogens with zero attached hydrogens (tertiary/aromatic N) is 2. The van der Waals surface area contributed by atoms with Crippen LogP contribution in [0.1, 0.15) is 55.4 Å². The van der Waals surface area contributed by atoms with Crippen LogP contribution in [0, 0.1) is 0 Å². The summed E-state index contributed by atoms with van der Waals surface area (Å²) in [5.41, 5.74) is 1.29. The molecule has 3 aliphatic rings. The third kappa shape index (κ3) is 3.28. The van der Waals surface area contributed by atoms with Crippen molar-refractivity contribution in [2.45, 2.75) is 80.8 Å². The average molecular weight is 405 g/mol. The zero-order valence-electron chi connectivity index (χ0n) is 15.4. The van der Waals surface area contributed by atoms with Crippen LogP contribution in [0.2, 0.25) is 0 Å². The molecule has 0 unspecified atom stereocenters. The summed E-state index contributed by atoms with van der Waals surface area (Å²) >= 11 is 3.18. The normalized spacial score (nSPS) is 25.4. The van der Waals surface area contributed by atoms with Crippen LogP contribution in [-0.4, -0.2) is 33.3 Å². The monoisotopic (exact) mass is 404 g/mol. The summed E-state index contributed by atoms with van der Waals surface area (Å²) in [4.78, 5) is 32.9. The van der Waals surface area contributed by atoms with E-state index in [4.69, 9.17) is 9.72 Å². The highest BCUT2D eigenvalue weighted by Gasteiger charge is 2.29. The molecule has 0 bridgehead atoms.